The van der Waals surface area contributed by atoms with Crippen LogP contribution in [0.25, 0.3) is 0 Å². The number of amidine groups is 1. The van der Waals surface area contributed by atoms with Gasteiger partial charge in [0.1, 0.15) is 5.84 Å². The van der Waals surface area contributed by atoms with Crippen LogP contribution in [0.3, 0.4) is 0 Å². The predicted molar refractivity (Wildman–Crippen MR) is 63.9 cm³/mol. The lowest BCUT2D eigenvalue weighted by atomic mass is 10.1. The fourth-order valence-electron chi connectivity index (χ4n) is 1.79. The molecule has 92 valence electrons. The van der Waals surface area contributed by atoms with E-state index in [9.17, 15) is 5.11 Å². The molecule has 2 rings (SSSR count). The van der Waals surface area contributed by atoms with E-state index in [1.165, 1.54) is 7.11 Å². The van der Waals surface area contributed by atoms with Gasteiger partial charge in [-0.15, -0.1) is 0 Å². The molecule has 1 aliphatic heterocycles. The highest BCUT2D eigenvalue weighted by Gasteiger charge is 2.16. The first-order chi connectivity index (χ1) is 8.22. The van der Waals surface area contributed by atoms with Crippen molar-refractivity contribution in [3.05, 3.63) is 23.8 Å². The molecule has 0 aromatic heterocycles. The number of nitrogens with one attached hydrogen (secondary N) is 1. The Labute approximate surface area is 100 Å². The number of phenolic OH excluding ortho intramolecular Hbond substituents is 1. The monoisotopic (exact) mass is 236 g/mol. The molecule has 0 atom stereocenters. The average Bonchev–Trinajstić information content (AvgIpc) is 2.39. The first-order valence-corrected chi connectivity index (χ1v) is 5.51. The van der Waals surface area contributed by atoms with Crippen molar-refractivity contribution in [2.45, 2.75) is 0 Å². The van der Waals surface area contributed by atoms with Crippen molar-refractivity contribution in [2.24, 2.45) is 0 Å². The molecule has 0 radical (unpaired) electrons. The normalized spacial score (nSPS) is 15.7. The van der Waals surface area contributed by atoms with Crippen LogP contribution in [0.15, 0.2) is 18.2 Å². The van der Waals surface area contributed by atoms with Gasteiger partial charge in [0, 0.05) is 18.7 Å². The number of phenols is 1. The molecular formula is C12H16N2O3. The SMILES string of the molecule is COc1cc(C(=N)N2CCOCC2)ccc1O. The fourth-order valence-corrected chi connectivity index (χ4v) is 1.79. The summed E-state index contributed by atoms with van der Waals surface area (Å²) in [5, 5.41) is 17.6. The highest BCUT2D eigenvalue weighted by Crippen LogP contribution is 2.26. The summed E-state index contributed by atoms with van der Waals surface area (Å²) in [5.41, 5.74) is 0.738. The van der Waals surface area contributed by atoms with Gasteiger partial charge in [-0.05, 0) is 18.2 Å². The van der Waals surface area contributed by atoms with E-state index >= 15 is 0 Å². The second-order valence-electron chi connectivity index (χ2n) is 3.83. The van der Waals surface area contributed by atoms with Crippen LogP contribution >= 0.6 is 0 Å². The number of morpholine rings is 1. The van der Waals surface area contributed by atoms with Gasteiger partial charge < -0.3 is 19.5 Å². The van der Waals surface area contributed by atoms with Crippen molar-refractivity contribution in [2.75, 3.05) is 33.4 Å². The van der Waals surface area contributed by atoms with Crippen LogP contribution in [0.5, 0.6) is 11.5 Å². The largest absolute Gasteiger partial charge is 0.504 e. The Balaban J connectivity index is 2.18. The van der Waals surface area contributed by atoms with Crippen LogP contribution in [0.2, 0.25) is 0 Å². The minimum atomic E-state index is 0.0889. The zero-order valence-electron chi connectivity index (χ0n) is 9.77. The second-order valence-corrected chi connectivity index (χ2v) is 3.83. The number of ether oxygens (including phenoxy) is 2. The molecule has 1 aliphatic rings. The molecule has 1 heterocycles. The van der Waals surface area contributed by atoms with Crippen molar-refractivity contribution in [3.8, 4) is 11.5 Å². The summed E-state index contributed by atoms with van der Waals surface area (Å²) in [5.74, 6) is 0.915. The van der Waals surface area contributed by atoms with Gasteiger partial charge in [0.2, 0.25) is 0 Å². The predicted octanol–water partition coefficient (Wildman–Crippen LogP) is 1.06. The van der Waals surface area contributed by atoms with E-state index in [0.29, 0.717) is 24.8 Å². The van der Waals surface area contributed by atoms with Gasteiger partial charge in [0.15, 0.2) is 11.5 Å². The van der Waals surface area contributed by atoms with E-state index in [4.69, 9.17) is 14.9 Å². The first kappa shape index (κ1) is 11.7. The third-order valence-electron chi connectivity index (χ3n) is 2.78. The Morgan fingerprint density at radius 3 is 2.76 bits per heavy atom. The van der Waals surface area contributed by atoms with Gasteiger partial charge in [-0.1, -0.05) is 0 Å². The van der Waals surface area contributed by atoms with Gasteiger partial charge in [0.25, 0.3) is 0 Å². The fraction of sp³-hybridized carbons (Fsp3) is 0.417. The van der Waals surface area contributed by atoms with Crippen LogP contribution in [-0.2, 0) is 4.74 Å². The summed E-state index contributed by atoms with van der Waals surface area (Å²) in [6.45, 7) is 2.75. The number of methoxy groups -OCH3 is 1. The molecule has 0 amide bonds. The maximum atomic E-state index is 9.50. The van der Waals surface area contributed by atoms with Crippen LogP contribution in [0.4, 0.5) is 0 Å². The second kappa shape index (κ2) is 5.05. The molecule has 0 spiro atoms. The molecule has 0 aliphatic carbocycles. The molecule has 1 aromatic rings. The number of nitrogens with zero attached hydrogens (tertiary/aromatic N) is 1. The highest BCUT2D eigenvalue weighted by atomic mass is 16.5. The molecule has 2 N–H and O–H groups in total. The number of benzene rings is 1. The van der Waals surface area contributed by atoms with E-state index in [1.807, 2.05) is 4.90 Å². The molecule has 0 bridgehead atoms. The standard InChI is InChI=1S/C12H16N2O3/c1-16-11-8-9(2-3-10(11)15)12(13)14-4-6-17-7-5-14/h2-3,8,13,15H,4-7H2,1H3. The summed E-state index contributed by atoms with van der Waals surface area (Å²) in [7, 11) is 1.50. The highest BCUT2D eigenvalue weighted by molar-refractivity contribution is 5.97. The summed E-state index contributed by atoms with van der Waals surface area (Å²) in [4.78, 5) is 1.95. The van der Waals surface area contributed by atoms with Crippen molar-refractivity contribution in [3.63, 3.8) is 0 Å². The summed E-state index contributed by atoms with van der Waals surface area (Å²) in [6.07, 6.45) is 0. The quantitative estimate of drug-likeness (QED) is 0.595. The van der Waals surface area contributed by atoms with Gasteiger partial charge in [-0.2, -0.15) is 0 Å². The molecular weight excluding hydrogens is 220 g/mol. The lowest BCUT2D eigenvalue weighted by Crippen LogP contribution is -2.40. The Bertz CT molecular complexity index is 414. The maximum absolute atomic E-state index is 9.50. The third kappa shape index (κ3) is 2.50. The lowest BCUT2D eigenvalue weighted by molar-refractivity contribution is 0.0680. The van der Waals surface area contributed by atoms with E-state index < -0.39 is 0 Å². The third-order valence-corrected chi connectivity index (χ3v) is 2.78. The number of aromatic hydroxyl groups is 1. The van der Waals surface area contributed by atoms with E-state index in [1.54, 1.807) is 18.2 Å². The molecule has 5 nitrogen and oxygen atoms in total. The summed E-state index contributed by atoms with van der Waals surface area (Å²) in [6, 6.07) is 4.94. The van der Waals surface area contributed by atoms with Gasteiger partial charge in [0.05, 0.1) is 20.3 Å². The van der Waals surface area contributed by atoms with Crippen LogP contribution in [0.1, 0.15) is 5.56 Å². The van der Waals surface area contributed by atoms with Gasteiger partial charge in [-0.3, -0.25) is 5.41 Å². The Morgan fingerprint density at radius 2 is 2.12 bits per heavy atom. The number of rotatable bonds is 2. The molecule has 1 saturated heterocycles. The number of hydrogen-bond acceptors (Lipinski definition) is 4. The molecule has 0 saturated carbocycles. The van der Waals surface area contributed by atoms with Crippen molar-refractivity contribution >= 4 is 5.84 Å². The van der Waals surface area contributed by atoms with Crippen LogP contribution < -0.4 is 4.74 Å². The Hall–Kier alpha value is -1.75. The van der Waals surface area contributed by atoms with Crippen LogP contribution in [-0.4, -0.2) is 49.3 Å². The Kier molecular flexibility index (Phi) is 3.49. The number of hydrogen-bond donors (Lipinski definition) is 2. The van der Waals surface area contributed by atoms with Crippen molar-refractivity contribution in [1.82, 2.24) is 4.90 Å². The summed E-state index contributed by atoms with van der Waals surface area (Å²) >= 11 is 0. The van der Waals surface area contributed by atoms with Crippen molar-refractivity contribution < 1.29 is 14.6 Å². The van der Waals surface area contributed by atoms with Gasteiger partial charge in [-0.25, -0.2) is 0 Å². The zero-order chi connectivity index (χ0) is 12.3. The zero-order valence-corrected chi connectivity index (χ0v) is 9.77. The van der Waals surface area contributed by atoms with Crippen LogP contribution in [0, 0.1) is 5.41 Å². The minimum Gasteiger partial charge on any atom is -0.504 e. The average molecular weight is 236 g/mol. The molecule has 5 heteroatoms. The summed E-state index contributed by atoms with van der Waals surface area (Å²) < 4.78 is 10.3. The lowest BCUT2D eigenvalue weighted by Gasteiger charge is -2.29. The van der Waals surface area contributed by atoms with E-state index in [-0.39, 0.29) is 5.75 Å². The molecule has 1 aromatic carbocycles. The van der Waals surface area contributed by atoms with Gasteiger partial charge >= 0.3 is 0 Å². The molecule has 17 heavy (non-hydrogen) atoms. The minimum absolute atomic E-state index is 0.0889. The first-order valence-electron chi connectivity index (χ1n) is 5.51. The maximum Gasteiger partial charge on any atom is 0.161 e. The topological polar surface area (TPSA) is 65.8 Å². The Morgan fingerprint density at radius 1 is 1.41 bits per heavy atom. The molecule has 1 fully saturated rings. The van der Waals surface area contributed by atoms with E-state index in [2.05, 4.69) is 0 Å². The van der Waals surface area contributed by atoms with Crippen molar-refractivity contribution in [1.29, 1.82) is 5.41 Å². The molecule has 0 unspecified atom stereocenters. The van der Waals surface area contributed by atoms with E-state index in [0.717, 1.165) is 18.7 Å². The smallest absolute Gasteiger partial charge is 0.161 e.